The topological polar surface area (TPSA) is 99.6 Å². The minimum absolute atomic E-state index is 0.00977. The van der Waals surface area contributed by atoms with Crippen molar-refractivity contribution in [2.75, 3.05) is 13.3 Å². The van der Waals surface area contributed by atoms with Crippen molar-refractivity contribution in [1.29, 1.82) is 0 Å². The molecule has 1 saturated heterocycles. The van der Waals surface area contributed by atoms with E-state index in [2.05, 4.69) is 38.8 Å². The van der Waals surface area contributed by atoms with Gasteiger partial charge in [-0.2, -0.15) is 0 Å². The van der Waals surface area contributed by atoms with Crippen LogP contribution < -0.4 is 11.2 Å². The molecule has 4 atom stereocenters. The summed E-state index contributed by atoms with van der Waals surface area (Å²) in [6, 6.07) is 0. The zero-order valence-electron chi connectivity index (χ0n) is 17.4. The Balaban J connectivity index is 2.31. The number of hydrogen-bond acceptors (Lipinski definition) is 6. The minimum Gasteiger partial charge on any atom is -0.411 e. The second-order valence-corrected chi connectivity index (χ2v) is 17.2. The van der Waals surface area contributed by atoms with E-state index in [0.717, 1.165) is 0 Å². The lowest BCUT2D eigenvalue weighted by Crippen LogP contribution is -2.46. The van der Waals surface area contributed by atoms with Gasteiger partial charge in [0.1, 0.15) is 12.3 Å². The van der Waals surface area contributed by atoms with Gasteiger partial charge in [-0.25, -0.2) is 4.79 Å². The second-order valence-electron chi connectivity index (χ2n) is 8.80. The van der Waals surface area contributed by atoms with Gasteiger partial charge in [-0.1, -0.05) is 20.8 Å². The van der Waals surface area contributed by atoms with Crippen LogP contribution in [0.3, 0.4) is 0 Å². The van der Waals surface area contributed by atoms with Gasteiger partial charge in [0, 0.05) is 24.8 Å². The molecule has 1 aromatic rings. The normalized spacial score (nSPS) is 25.6. The second kappa shape index (κ2) is 8.20. The van der Waals surface area contributed by atoms with Crippen LogP contribution >= 0.6 is 18.0 Å². The Morgan fingerprint density at radius 3 is 2.54 bits per heavy atom. The lowest BCUT2D eigenvalue weighted by atomic mass is 10.2. The fourth-order valence-corrected chi connectivity index (χ4v) is 4.65. The molecule has 0 aromatic carbocycles. The van der Waals surface area contributed by atoms with Gasteiger partial charge >= 0.3 is 5.69 Å². The minimum atomic E-state index is -3.21. The lowest BCUT2D eigenvalue weighted by Gasteiger charge is -2.39. The maximum Gasteiger partial charge on any atom is 0.330 e. The van der Waals surface area contributed by atoms with Crippen LogP contribution in [0.25, 0.3) is 0 Å². The van der Waals surface area contributed by atoms with E-state index in [1.54, 1.807) is 6.92 Å². The highest BCUT2D eigenvalue weighted by molar-refractivity contribution is 7.84. The number of halogens is 1. The SMILES string of the molecule is Cc1cn([C@H]2C[C@H](O[Si](C)(C)C(C)(C)C)[C@@H](COP(C)(=O)Cl)O2)c(=O)[nH]c1=O. The summed E-state index contributed by atoms with van der Waals surface area (Å²) in [6.07, 6.45) is 0.365. The van der Waals surface area contributed by atoms with Crippen LogP contribution in [0.2, 0.25) is 18.1 Å². The van der Waals surface area contributed by atoms with E-state index in [9.17, 15) is 14.2 Å². The fourth-order valence-electron chi connectivity index (χ4n) is 2.71. The molecule has 2 rings (SSSR count). The van der Waals surface area contributed by atoms with Crippen LogP contribution in [0.15, 0.2) is 15.8 Å². The van der Waals surface area contributed by atoms with Gasteiger partial charge in [0.05, 0.1) is 12.7 Å². The molecule has 8 nitrogen and oxygen atoms in total. The molecule has 0 saturated carbocycles. The van der Waals surface area contributed by atoms with Gasteiger partial charge in [0.15, 0.2) is 8.32 Å². The summed E-state index contributed by atoms with van der Waals surface area (Å²) in [5.41, 5.74) is -0.572. The van der Waals surface area contributed by atoms with Gasteiger partial charge in [0.2, 0.25) is 0 Å². The van der Waals surface area contributed by atoms with E-state index < -0.39 is 38.6 Å². The molecule has 0 bridgehead atoms. The summed E-state index contributed by atoms with van der Waals surface area (Å²) in [4.78, 5) is 26.2. The molecule has 1 aliphatic heterocycles. The molecule has 28 heavy (non-hydrogen) atoms. The third-order valence-electron chi connectivity index (χ3n) is 5.36. The number of nitrogens with zero attached hydrogens (tertiary/aromatic N) is 1. The smallest absolute Gasteiger partial charge is 0.330 e. The van der Waals surface area contributed by atoms with Crippen LogP contribution in [0.5, 0.6) is 0 Å². The Morgan fingerprint density at radius 2 is 2.00 bits per heavy atom. The molecule has 0 spiro atoms. The van der Waals surface area contributed by atoms with Crippen molar-refractivity contribution in [3.63, 3.8) is 0 Å². The van der Waals surface area contributed by atoms with Crippen molar-refractivity contribution in [1.82, 2.24) is 9.55 Å². The molecule has 0 amide bonds. The van der Waals surface area contributed by atoms with Crippen LogP contribution in [0, 0.1) is 6.92 Å². The van der Waals surface area contributed by atoms with Crippen LogP contribution in [-0.2, 0) is 18.3 Å². The molecule has 1 N–H and O–H groups in total. The molecular weight excluding hydrogens is 423 g/mol. The van der Waals surface area contributed by atoms with E-state index in [4.69, 9.17) is 24.9 Å². The summed E-state index contributed by atoms with van der Waals surface area (Å²) in [5, 5.41) is -0.0194. The van der Waals surface area contributed by atoms with Gasteiger partial charge in [-0.3, -0.25) is 18.9 Å². The van der Waals surface area contributed by atoms with Crippen molar-refractivity contribution in [2.45, 2.75) is 70.7 Å². The van der Waals surface area contributed by atoms with Crippen molar-refractivity contribution >= 4 is 26.3 Å². The van der Waals surface area contributed by atoms with Gasteiger partial charge in [0.25, 0.3) is 12.3 Å². The molecular formula is C17H30ClN2O6PSi. The predicted octanol–water partition coefficient (Wildman–Crippen LogP) is 3.60. The molecule has 2 heterocycles. The first-order chi connectivity index (χ1) is 12.6. The zero-order valence-corrected chi connectivity index (χ0v) is 20.1. The third-order valence-corrected chi connectivity index (χ3v) is 10.8. The summed E-state index contributed by atoms with van der Waals surface area (Å²) in [5.74, 6) is 0. The first-order valence-corrected chi connectivity index (χ1v) is 15.1. The largest absolute Gasteiger partial charge is 0.411 e. The number of hydrogen-bond donors (Lipinski definition) is 1. The number of aromatic nitrogens is 2. The van der Waals surface area contributed by atoms with E-state index in [1.807, 2.05) is 0 Å². The number of aromatic amines is 1. The number of rotatable bonds is 6. The predicted molar refractivity (Wildman–Crippen MR) is 112 cm³/mol. The Labute approximate surface area is 170 Å². The Morgan fingerprint density at radius 1 is 1.39 bits per heavy atom. The third kappa shape index (κ3) is 5.68. The Kier molecular flexibility index (Phi) is 6.91. The number of nitrogens with one attached hydrogen (secondary N) is 1. The quantitative estimate of drug-likeness (QED) is 0.523. The molecule has 1 unspecified atom stereocenters. The number of ether oxygens (including phenoxy) is 1. The van der Waals surface area contributed by atoms with Crippen LogP contribution in [0.4, 0.5) is 0 Å². The van der Waals surface area contributed by atoms with E-state index in [-0.39, 0.29) is 17.7 Å². The Hall–Kier alpha value is -0.703. The highest BCUT2D eigenvalue weighted by atomic mass is 35.7. The first-order valence-electron chi connectivity index (χ1n) is 9.18. The molecule has 1 fully saturated rings. The lowest BCUT2D eigenvalue weighted by molar-refractivity contribution is -0.0379. The Bertz CT molecular complexity index is 872. The summed E-state index contributed by atoms with van der Waals surface area (Å²) in [7, 11) is -2.13. The number of H-pyrrole nitrogens is 1. The summed E-state index contributed by atoms with van der Waals surface area (Å²) in [6.45, 7) is 10.4. The standard InChI is InChI=1S/C17H30ClN2O6PSi/c1-11-9-20(16(22)19-15(11)21)14-8-12(26-28(6,7)17(2,3)4)13(25-14)10-24-27(5,18)23/h9,12-14H,8,10H2,1-7H3,(H,19,21,22)/t12-,13+,14+,27?/m0/s1. The zero-order chi connectivity index (χ0) is 21.5. The average molecular weight is 453 g/mol. The monoisotopic (exact) mass is 452 g/mol. The van der Waals surface area contributed by atoms with E-state index >= 15 is 0 Å². The van der Waals surface area contributed by atoms with Crippen molar-refractivity contribution in [3.8, 4) is 0 Å². The molecule has 11 heteroatoms. The summed E-state index contributed by atoms with van der Waals surface area (Å²) >= 11 is 5.73. The van der Waals surface area contributed by atoms with E-state index in [0.29, 0.717) is 12.0 Å². The fraction of sp³-hybridized carbons (Fsp3) is 0.765. The van der Waals surface area contributed by atoms with Gasteiger partial charge in [-0.05, 0) is 36.3 Å². The van der Waals surface area contributed by atoms with E-state index in [1.165, 1.54) is 17.4 Å². The molecule has 1 aliphatic rings. The molecule has 160 valence electrons. The number of aryl methyl sites for hydroxylation is 1. The maximum absolute atomic E-state index is 12.3. The first kappa shape index (κ1) is 23.6. The van der Waals surface area contributed by atoms with Gasteiger partial charge in [-0.15, -0.1) is 0 Å². The van der Waals surface area contributed by atoms with Gasteiger partial charge < -0.3 is 13.7 Å². The maximum atomic E-state index is 12.3. The van der Waals surface area contributed by atoms with Crippen molar-refractivity contribution in [2.24, 2.45) is 0 Å². The van der Waals surface area contributed by atoms with Crippen LogP contribution in [-0.4, -0.2) is 43.3 Å². The van der Waals surface area contributed by atoms with Crippen molar-refractivity contribution in [3.05, 3.63) is 32.6 Å². The molecule has 0 radical (unpaired) electrons. The molecule has 1 aromatic heterocycles. The van der Waals surface area contributed by atoms with Crippen molar-refractivity contribution < 1.29 is 18.3 Å². The highest BCUT2D eigenvalue weighted by Gasteiger charge is 2.45. The average Bonchev–Trinajstić information content (AvgIpc) is 2.89. The summed E-state index contributed by atoms with van der Waals surface area (Å²) < 4.78 is 30.9. The highest BCUT2D eigenvalue weighted by Crippen LogP contribution is 2.49. The molecule has 0 aliphatic carbocycles. The van der Waals surface area contributed by atoms with Crippen LogP contribution in [0.1, 0.15) is 39.0 Å².